The van der Waals surface area contributed by atoms with Crippen molar-refractivity contribution in [3.05, 3.63) is 0 Å². The predicted octanol–water partition coefficient (Wildman–Crippen LogP) is 0.872. The molecule has 0 saturated carbocycles. The molecule has 1 aliphatic heterocycles. The fraction of sp³-hybridized carbons (Fsp3) is 0.900. The predicted molar refractivity (Wildman–Crippen MR) is 51.2 cm³/mol. The van der Waals surface area contributed by atoms with Gasteiger partial charge >= 0.3 is 0 Å². The molecule has 3 heteroatoms. The Labute approximate surface area is 79.7 Å². The Bertz CT molecular complexity index is 199. The van der Waals surface area contributed by atoms with Crippen molar-refractivity contribution in [2.24, 2.45) is 11.8 Å². The summed E-state index contributed by atoms with van der Waals surface area (Å²) in [6.45, 7) is 8.82. The molecule has 1 rings (SSSR count). The monoisotopic (exact) mass is 185 g/mol. The molecule has 76 valence electrons. The van der Waals surface area contributed by atoms with E-state index in [4.69, 9.17) is 0 Å². The lowest BCUT2D eigenvalue weighted by molar-refractivity contribution is -0.147. The van der Waals surface area contributed by atoms with Crippen molar-refractivity contribution in [2.45, 2.75) is 33.3 Å². The smallest absolute Gasteiger partial charge is 0.225 e. The molecule has 1 amide bonds. The van der Waals surface area contributed by atoms with Crippen LogP contribution in [-0.2, 0) is 4.79 Å². The van der Waals surface area contributed by atoms with E-state index in [1.54, 1.807) is 13.8 Å². The second-order valence-electron chi connectivity index (χ2n) is 4.75. The number of hydrogen-bond donors (Lipinski definition) is 1. The van der Waals surface area contributed by atoms with Gasteiger partial charge in [0.25, 0.3) is 0 Å². The fourth-order valence-electron chi connectivity index (χ4n) is 1.47. The summed E-state index contributed by atoms with van der Waals surface area (Å²) < 4.78 is 0. The lowest BCUT2D eigenvalue weighted by atomic mass is 9.84. The van der Waals surface area contributed by atoms with Crippen molar-refractivity contribution in [2.75, 3.05) is 13.1 Å². The van der Waals surface area contributed by atoms with E-state index in [9.17, 15) is 9.90 Å². The third-order valence-corrected chi connectivity index (χ3v) is 2.69. The van der Waals surface area contributed by atoms with Crippen LogP contribution in [0.1, 0.15) is 27.7 Å². The summed E-state index contributed by atoms with van der Waals surface area (Å²) in [5.41, 5.74) is -0.645. The van der Waals surface area contributed by atoms with Gasteiger partial charge in [-0.3, -0.25) is 4.79 Å². The molecule has 3 nitrogen and oxygen atoms in total. The van der Waals surface area contributed by atoms with Gasteiger partial charge in [0.2, 0.25) is 5.91 Å². The molecule has 0 aromatic heterocycles. The van der Waals surface area contributed by atoms with Gasteiger partial charge in [-0.15, -0.1) is 0 Å². The van der Waals surface area contributed by atoms with Crippen LogP contribution in [0.4, 0.5) is 0 Å². The Kier molecular flexibility index (Phi) is 2.66. The normalized spacial score (nSPS) is 19.1. The van der Waals surface area contributed by atoms with E-state index in [2.05, 4.69) is 0 Å². The van der Waals surface area contributed by atoms with Crippen molar-refractivity contribution in [3.63, 3.8) is 0 Å². The molecular formula is C10H19NO2. The van der Waals surface area contributed by atoms with Crippen LogP contribution in [0.3, 0.4) is 0 Å². The molecule has 0 aromatic rings. The second-order valence-corrected chi connectivity index (χ2v) is 4.75. The van der Waals surface area contributed by atoms with Crippen molar-refractivity contribution >= 4 is 5.91 Å². The van der Waals surface area contributed by atoms with Crippen molar-refractivity contribution in [3.8, 4) is 0 Å². The largest absolute Gasteiger partial charge is 0.390 e. The van der Waals surface area contributed by atoms with E-state index < -0.39 is 5.60 Å². The van der Waals surface area contributed by atoms with E-state index >= 15 is 0 Å². The van der Waals surface area contributed by atoms with Crippen LogP contribution in [0, 0.1) is 11.8 Å². The molecule has 1 fully saturated rings. The van der Waals surface area contributed by atoms with Gasteiger partial charge in [-0.2, -0.15) is 0 Å². The number of nitrogens with zero attached hydrogens (tertiary/aromatic N) is 1. The topological polar surface area (TPSA) is 40.5 Å². The van der Waals surface area contributed by atoms with Gasteiger partial charge in [0.1, 0.15) is 0 Å². The van der Waals surface area contributed by atoms with Crippen LogP contribution < -0.4 is 0 Å². The zero-order valence-electron chi connectivity index (χ0n) is 8.87. The molecule has 0 aliphatic carbocycles. The van der Waals surface area contributed by atoms with Crippen molar-refractivity contribution in [1.29, 1.82) is 0 Å². The fourth-order valence-corrected chi connectivity index (χ4v) is 1.47. The Morgan fingerprint density at radius 3 is 2.23 bits per heavy atom. The zero-order chi connectivity index (χ0) is 10.2. The maximum Gasteiger partial charge on any atom is 0.225 e. The molecule has 0 unspecified atom stereocenters. The van der Waals surface area contributed by atoms with Crippen LogP contribution in [0.15, 0.2) is 0 Å². The van der Waals surface area contributed by atoms with Gasteiger partial charge < -0.3 is 10.0 Å². The lowest BCUT2D eigenvalue weighted by Crippen LogP contribution is -2.58. The molecule has 0 aromatic carbocycles. The Balaban J connectivity index is 2.38. The number of aliphatic hydroxyl groups is 1. The van der Waals surface area contributed by atoms with E-state index in [1.165, 1.54) is 0 Å². The van der Waals surface area contributed by atoms with E-state index in [1.807, 2.05) is 18.7 Å². The highest BCUT2D eigenvalue weighted by atomic mass is 16.3. The Hall–Kier alpha value is -0.570. The summed E-state index contributed by atoms with van der Waals surface area (Å²) in [7, 11) is 0. The number of hydrogen-bond acceptors (Lipinski definition) is 2. The van der Waals surface area contributed by atoms with Crippen LogP contribution in [0.25, 0.3) is 0 Å². The van der Waals surface area contributed by atoms with Crippen LogP contribution >= 0.6 is 0 Å². The minimum atomic E-state index is -0.645. The van der Waals surface area contributed by atoms with Crippen LogP contribution in [0.2, 0.25) is 0 Å². The van der Waals surface area contributed by atoms with Gasteiger partial charge in [-0.05, 0) is 13.8 Å². The number of carbonyl (C=O) groups excluding carboxylic acids is 1. The van der Waals surface area contributed by atoms with E-state index in [0.717, 1.165) is 0 Å². The van der Waals surface area contributed by atoms with Crippen molar-refractivity contribution in [1.82, 2.24) is 4.90 Å². The number of rotatable bonds is 2. The average Bonchev–Trinajstić information content (AvgIpc) is 1.79. The number of likely N-dealkylation sites (tertiary alicyclic amines) is 1. The SMILES string of the molecule is CC(C)C(=O)N1CC(C(C)(C)O)C1. The summed E-state index contributed by atoms with van der Waals surface area (Å²) in [4.78, 5) is 13.3. The van der Waals surface area contributed by atoms with Gasteiger partial charge in [-0.25, -0.2) is 0 Å². The molecule has 13 heavy (non-hydrogen) atoms. The van der Waals surface area contributed by atoms with Crippen LogP contribution in [0.5, 0.6) is 0 Å². The molecule has 1 heterocycles. The number of carbonyl (C=O) groups is 1. The van der Waals surface area contributed by atoms with Gasteiger partial charge in [-0.1, -0.05) is 13.8 Å². The van der Waals surface area contributed by atoms with E-state index in [0.29, 0.717) is 13.1 Å². The summed E-state index contributed by atoms with van der Waals surface area (Å²) in [6, 6.07) is 0. The molecular weight excluding hydrogens is 166 g/mol. The average molecular weight is 185 g/mol. The highest BCUT2D eigenvalue weighted by Gasteiger charge is 2.39. The maximum atomic E-state index is 11.4. The molecule has 1 saturated heterocycles. The Morgan fingerprint density at radius 2 is 1.92 bits per heavy atom. The standard InChI is InChI=1S/C10H19NO2/c1-7(2)9(12)11-5-8(6-11)10(3,4)13/h7-8,13H,5-6H2,1-4H3. The van der Waals surface area contributed by atoms with Gasteiger partial charge in [0.15, 0.2) is 0 Å². The van der Waals surface area contributed by atoms with E-state index in [-0.39, 0.29) is 17.7 Å². The first kappa shape index (κ1) is 10.5. The van der Waals surface area contributed by atoms with Gasteiger partial charge in [0.05, 0.1) is 5.60 Å². The zero-order valence-corrected chi connectivity index (χ0v) is 8.87. The van der Waals surface area contributed by atoms with Crippen molar-refractivity contribution < 1.29 is 9.90 Å². The molecule has 1 N–H and O–H groups in total. The quantitative estimate of drug-likeness (QED) is 0.693. The van der Waals surface area contributed by atoms with Gasteiger partial charge in [0, 0.05) is 24.9 Å². The lowest BCUT2D eigenvalue weighted by Gasteiger charge is -2.45. The summed E-state index contributed by atoms with van der Waals surface area (Å²) >= 11 is 0. The minimum absolute atomic E-state index is 0.0720. The first-order valence-corrected chi connectivity index (χ1v) is 4.83. The Morgan fingerprint density at radius 1 is 1.46 bits per heavy atom. The number of amides is 1. The molecule has 0 spiro atoms. The third kappa shape index (κ3) is 2.21. The second kappa shape index (κ2) is 3.29. The molecule has 1 aliphatic rings. The summed E-state index contributed by atoms with van der Waals surface area (Å²) in [5, 5.41) is 9.64. The third-order valence-electron chi connectivity index (χ3n) is 2.69. The first-order chi connectivity index (χ1) is 5.82. The first-order valence-electron chi connectivity index (χ1n) is 4.83. The molecule has 0 atom stereocenters. The maximum absolute atomic E-state index is 11.4. The summed E-state index contributed by atoms with van der Waals surface area (Å²) in [5.74, 6) is 0.512. The minimum Gasteiger partial charge on any atom is -0.390 e. The summed E-state index contributed by atoms with van der Waals surface area (Å²) in [6.07, 6.45) is 0. The highest BCUT2D eigenvalue weighted by molar-refractivity contribution is 5.78. The molecule has 0 radical (unpaired) electrons. The van der Waals surface area contributed by atoms with Crippen LogP contribution in [-0.4, -0.2) is 34.6 Å². The highest BCUT2D eigenvalue weighted by Crippen LogP contribution is 2.27. The molecule has 0 bridgehead atoms.